The number of amides is 2. The van der Waals surface area contributed by atoms with Crippen molar-refractivity contribution in [2.75, 3.05) is 19.1 Å². The average molecular weight is 462 g/mol. The Labute approximate surface area is 194 Å². The molecule has 1 fully saturated rings. The first-order valence-corrected chi connectivity index (χ1v) is 10.1. The van der Waals surface area contributed by atoms with Crippen LogP contribution in [0.3, 0.4) is 0 Å². The predicted octanol–water partition coefficient (Wildman–Crippen LogP) is 3.39. The Kier molecular flexibility index (Phi) is 5.80. The quantitative estimate of drug-likeness (QED) is 0.340. The van der Waals surface area contributed by atoms with Crippen molar-refractivity contribution in [2.45, 2.75) is 0 Å². The highest BCUT2D eigenvalue weighted by Crippen LogP contribution is 2.33. The third-order valence-corrected chi connectivity index (χ3v) is 5.48. The number of hydrogen-bond acceptors (Lipinski definition) is 6. The molecule has 0 unspecified atom stereocenters. The number of nitrogens with zero attached hydrogens (tertiary/aromatic N) is 1. The number of carbonyl (C=O) groups is 3. The molecule has 1 heterocycles. The van der Waals surface area contributed by atoms with Crippen LogP contribution in [0.5, 0.6) is 11.5 Å². The van der Waals surface area contributed by atoms with E-state index >= 15 is 0 Å². The lowest BCUT2D eigenvalue weighted by Crippen LogP contribution is -2.54. The largest absolute Gasteiger partial charge is 0.497 e. The summed E-state index contributed by atoms with van der Waals surface area (Å²) in [5, 5.41) is 13.2. The molecular weight excluding hydrogens is 444 g/mol. The van der Waals surface area contributed by atoms with E-state index in [0.29, 0.717) is 17.1 Å². The van der Waals surface area contributed by atoms with Crippen molar-refractivity contribution in [3.63, 3.8) is 0 Å². The molecule has 2 amide bonds. The first-order valence-electron chi connectivity index (χ1n) is 9.73. The summed E-state index contributed by atoms with van der Waals surface area (Å²) < 4.78 is 10.8. The molecule has 1 saturated heterocycles. The van der Waals surface area contributed by atoms with Crippen molar-refractivity contribution in [1.82, 2.24) is 5.32 Å². The lowest BCUT2D eigenvalue weighted by atomic mass is 9.99. The van der Waals surface area contributed by atoms with Crippen LogP contribution in [0.15, 0.2) is 60.2 Å². The van der Waals surface area contributed by atoms with E-state index in [1.807, 2.05) is 12.1 Å². The molecule has 0 atom stereocenters. The number of thiocarbonyl (C=S) groups is 1. The molecule has 33 heavy (non-hydrogen) atoms. The van der Waals surface area contributed by atoms with Gasteiger partial charge in [0.15, 0.2) is 5.11 Å². The fourth-order valence-electron chi connectivity index (χ4n) is 3.57. The monoisotopic (exact) mass is 462 g/mol. The fourth-order valence-corrected chi connectivity index (χ4v) is 3.85. The van der Waals surface area contributed by atoms with E-state index in [-0.39, 0.29) is 21.9 Å². The number of nitrogens with one attached hydrogen (secondary N) is 1. The molecule has 3 aromatic carbocycles. The number of rotatable bonds is 5. The van der Waals surface area contributed by atoms with Crippen LogP contribution in [-0.4, -0.2) is 42.2 Å². The third-order valence-electron chi connectivity index (χ3n) is 5.19. The molecule has 4 rings (SSSR count). The summed E-state index contributed by atoms with van der Waals surface area (Å²) in [4.78, 5) is 38.6. The van der Waals surface area contributed by atoms with Crippen LogP contribution in [0.1, 0.15) is 15.9 Å². The zero-order chi connectivity index (χ0) is 23.7. The number of benzene rings is 3. The van der Waals surface area contributed by atoms with Crippen molar-refractivity contribution in [2.24, 2.45) is 0 Å². The Bertz CT molecular complexity index is 1360. The molecule has 0 aromatic heterocycles. The normalized spacial score (nSPS) is 15.0. The lowest BCUT2D eigenvalue weighted by Gasteiger charge is -2.29. The molecule has 0 radical (unpaired) electrons. The van der Waals surface area contributed by atoms with Gasteiger partial charge in [0, 0.05) is 5.56 Å². The molecule has 0 spiro atoms. The molecule has 8 nitrogen and oxygen atoms in total. The van der Waals surface area contributed by atoms with Gasteiger partial charge in [-0.1, -0.05) is 18.2 Å². The second kappa shape index (κ2) is 8.71. The summed E-state index contributed by atoms with van der Waals surface area (Å²) >= 11 is 5.21. The summed E-state index contributed by atoms with van der Waals surface area (Å²) in [5.41, 5.74) is 0.535. The van der Waals surface area contributed by atoms with Crippen molar-refractivity contribution >= 4 is 57.6 Å². The molecule has 0 saturated carbocycles. The minimum Gasteiger partial charge on any atom is -0.497 e. The number of aromatic carboxylic acids is 1. The van der Waals surface area contributed by atoms with Gasteiger partial charge in [0.1, 0.15) is 17.1 Å². The van der Waals surface area contributed by atoms with Crippen LogP contribution in [-0.2, 0) is 9.59 Å². The first-order chi connectivity index (χ1) is 15.8. The molecule has 3 aromatic rings. The van der Waals surface area contributed by atoms with Crippen LogP contribution >= 0.6 is 12.2 Å². The number of carboxylic acid groups (broad SMARTS) is 1. The standard InChI is InChI=1S/C24H18N2O6S/c1-31-16-8-6-13-7-9-20(32-2)18(17(13)11-16)12-19-21(27)25-24(33)26(22(19)28)15-5-3-4-14(10-15)23(29)30/h3-12H,1-2H3,(H,29,30)(H,25,27,33). The van der Waals surface area contributed by atoms with E-state index in [9.17, 15) is 19.5 Å². The predicted molar refractivity (Wildman–Crippen MR) is 127 cm³/mol. The second-order valence-electron chi connectivity index (χ2n) is 7.08. The SMILES string of the molecule is COc1ccc2ccc(OC)c(C=C3C(=O)NC(=S)N(c4cccc(C(=O)O)c4)C3=O)c2c1. The van der Waals surface area contributed by atoms with E-state index in [1.165, 1.54) is 37.5 Å². The van der Waals surface area contributed by atoms with Gasteiger partial charge < -0.3 is 14.6 Å². The van der Waals surface area contributed by atoms with Gasteiger partial charge in [0.25, 0.3) is 11.8 Å². The van der Waals surface area contributed by atoms with Gasteiger partial charge >= 0.3 is 5.97 Å². The molecule has 0 bridgehead atoms. The smallest absolute Gasteiger partial charge is 0.335 e. The van der Waals surface area contributed by atoms with Crippen LogP contribution in [0.25, 0.3) is 16.8 Å². The van der Waals surface area contributed by atoms with Crippen LogP contribution in [0.2, 0.25) is 0 Å². The fraction of sp³-hybridized carbons (Fsp3) is 0.0833. The van der Waals surface area contributed by atoms with E-state index in [4.69, 9.17) is 21.7 Å². The second-order valence-corrected chi connectivity index (χ2v) is 7.47. The third kappa shape index (κ3) is 4.01. The van der Waals surface area contributed by atoms with E-state index in [1.54, 1.807) is 25.3 Å². The summed E-state index contributed by atoms with van der Waals surface area (Å²) in [6, 6.07) is 14.8. The molecule has 1 aliphatic heterocycles. The van der Waals surface area contributed by atoms with Crippen molar-refractivity contribution in [3.05, 3.63) is 71.3 Å². The lowest BCUT2D eigenvalue weighted by molar-refractivity contribution is -0.122. The van der Waals surface area contributed by atoms with Gasteiger partial charge in [0.2, 0.25) is 0 Å². The van der Waals surface area contributed by atoms with Gasteiger partial charge in [-0.3, -0.25) is 19.8 Å². The van der Waals surface area contributed by atoms with E-state index in [2.05, 4.69) is 5.32 Å². The van der Waals surface area contributed by atoms with Crippen LogP contribution < -0.4 is 19.7 Å². The Morgan fingerprint density at radius 2 is 1.82 bits per heavy atom. The van der Waals surface area contributed by atoms with Gasteiger partial charge in [-0.2, -0.15) is 0 Å². The maximum Gasteiger partial charge on any atom is 0.335 e. The van der Waals surface area contributed by atoms with Gasteiger partial charge in [-0.25, -0.2) is 4.79 Å². The van der Waals surface area contributed by atoms with Crippen molar-refractivity contribution < 1.29 is 29.0 Å². The van der Waals surface area contributed by atoms with Crippen molar-refractivity contribution in [1.29, 1.82) is 0 Å². The molecule has 1 aliphatic rings. The van der Waals surface area contributed by atoms with Crippen LogP contribution in [0.4, 0.5) is 5.69 Å². The maximum absolute atomic E-state index is 13.4. The minimum absolute atomic E-state index is 0.0200. The van der Waals surface area contributed by atoms with Crippen molar-refractivity contribution in [3.8, 4) is 11.5 Å². The number of hydrogen-bond donors (Lipinski definition) is 2. The highest BCUT2D eigenvalue weighted by atomic mass is 32.1. The number of carboxylic acids is 1. The van der Waals surface area contributed by atoms with Gasteiger partial charge in [-0.05, 0) is 65.5 Å². The topological polar surface area (TPSA) is 105 Å². The Morgan fingerprint density at radius 3 is 2.52 bits per heavy atom. The first kappa shape index (κ1) is 22.0. The summed E-state index contributed by atoms with van der Waals surface area (Å²) in [5.74, 6) is -1.45. The summed E-state index contributed by atoms with van der Waals surface area (Å²) in [7, 11) is 3.03. The molecule has 166 valence electrons. The number of carbonyl (C=O) groups excluding carboxylic acids is 2. The van der Waals surface area contributed by atoms with Gasteiger partial charge in [0.05, 0.1) is 25.5 Å². The molecular formula is C24H18N2O6S. The molecule has 0 aliphatic carbocycles. The Morgan fingerprint density at radius 1 is 1.06 bits per heavy atom. The van der Waals surface area contributed by atoms with E-state index < -0.39 is 17.8 Å². The summed E-state index contributed by atoms with van der Waals surface area (Å²) in [6.07, 6.45) is 1.44. The van der Waals surface area contributed by atoms with Gasteiger partial charge in [-0.15, -0.1) is 0 Å². The van der Waals surface area contributed by atoms with E-state index in [0.717, 1.165) is 15.7 Å². The maximum atomic E-state index is 13.4. The van der Waals surface area contributed by atoms with Crippen LogP contribution in [0, 0.1) is 0 Å². The highest BCUT2D eigenvalue weighted by molar-refractivity contribution is 7.80. The zero-order valence-corrected chi connectivity index (χ0v) is 18.4. The minimum atomic E-state index is -1.15. The number of methoxy groups -OCH3 is 2. The zero-order valence-electron chi connectivity index (χ0n) is 17.6. The average Bonchev–Trinajstić information content (AvgIpc) is 2.81. The number of anilines is 1. The summed E-state index contributed by atoms with van der Waals surface area (Å²) in [6.45, 7) is 0. The number of ether oxygens (including phenoxy) is 2. The number of fused-ring (bicyclic) bond motifs is 1. The Balaban J connectivity index is 1.87. The molecule has 9 heteroatoms. The highest BCUT2D eigenvalue weighted by Gasteiger charge is 2.35. The Hall–Kier alpha value is -4.24. The molecule has 2 N–H and O–H groups in total.